The molecule has 0 spiro atoms. The highest BCUT2D eigenvalue weighted by Crippen LogP contribution is 2.21. The maximum Gasteiger partial charge on any atom is 0.258 e. The topological polar surface area (TPSA) is 85.1 Å². The van der Waals surface area contributed by atoms with Gasteiger partial charge in [0.2, 0.25) is 5.91 Å². The standard InChI is InChI=1S/C13H9Cl2N3O2/c14-10-2-1-7(5-8(10)12(16)19)18-13(20)9-6-17-4-3-11(9)15/h1-6H,(H2,16,19)(H,18,20). The van der Waals surface area contributed by atoms with E-state index in [1.807, 2.05) is 0 Å². The molecule has 1 aromatic heterocycles. The molecule has 1 aromatic carbocycles. The van der Waals surface area contributed by atoms with Gasteiger partial charge >= 0.3 is 0 Å². The Labute approximate surface area is 124 Å². The fourth-order valence-corrected chi connectivity index (χ4v) is 1.94. The lowest BCUT2D eigenvalue weighted by molar-refractivity contribution is 0.0996. The van der Waals surface area contributed by atoms with E-state index < -0.39 is 11.8 Å². The molecule has 0 fully saturated rings. The molecule has 0 unspecified atom stereocenters. The van der Waals surface area contributed by atoms with Crippen LogP contribution in [0.3, 0.4) is 0 Å². The second-order valence-electron chi connectivity index (χ2n) is 3.87. The molecule has 20 heavy (non-hydrogen) atoms. The lowest BCUT2D eigenvalue weighted by atomic mass is 10.2. The van der Waals surface area contributed by atoms with Crippen LogP contribution in [0.15, 0.2) is 36.7 Å². The predicted octanol–water partition coefficient (Wildman–Crippen LogP) is 2.74. The third-order valence-electron chi connectivity index (χ3n) is 2.50. The van der Waals surface area contributed by atoms with Crippen LogP contribution in [0.4, 0.5) is 5.69 Å². The first-order valence-corrected chi connectivity index (χ1v) is 6.25. The molecule has 1 heterocycles. The number of hydrogen-bond acceptors (Lipinski definition) is 3. The molecule has 2 rings (SSSR count). The monoisotopic (exact) mass is 309 g/mol. The summed E-state index contributed by atoms with van der Waals surface area (Å²) >= 11 is 11.7. The Morgan fingerprint density at radius 1 is 1.10 bits per heavy atom. The highest BCUT2D eigenvalue weighted by molar-refractivity contribution is 6.35. The van der Waals surface area contributed by atoms with E-state index in [1.54, 1.807) is 6.07 Å². The van der Waals surface area contributed by atoms with E-state index in [1.165, 1.54) is 30.6 Å². The molecule has 0 saturated carbocycles. The quantitative estimate of drug-likeness (QED) is 0.914. The fraction of sp³-hybridized carbons (Fsp3) is 0. The van der Waals surface area contributed by atoms with Crippen molar-refractivity contribution in [2.75, 3.05) is 5.32 Å². The summed E-state index contributed by atoms with van der Waals surface area (Å²) in [7, 11) is 0. The number of nitrogens with two attached hydrogens (primary N) is 1. The van der Waals surface area contributed by atoms with Gasteiger partial charge in [-0.2, -0.15) is 0 Å². The van der Waals surface area contributed by atoms with E-state index in [-0.39, 0.29) is 21.2 Å². The van der Waals surface area contributed by atoms with Crippen molar-refractivity contribution in [3.63, 3.8) is 0 Å². The third-order valence-corrected chi connectivity index (χ3v) is 3.16. The average Bonchev–Trinajstić information content (AvgIpc) is 2.41. The van der Waals surface area contributed by atoms with Crippen LogP contribution in [-0.2, 0) is 0 Å². The first-order valence-electron chi connectivity index (χ1n) is 5.49. The minimum absolute atomic E-state index is 0.127. The van der Waals surface area contributed by atoms with E-state index in [2.05, 4.69) is 10.3 Å². The van der Waals surface area contributed by atoms with E-state index in [0.29, 0.717) is 5.69 Å². The first kappa shape index (κ1) is 14.3. The van der Waals surface area contributed by atoms with Crippen LogP contribution in [0.25, 0.3) is 0 Å². The molecule has 102 valence electrons. The zero-order valence-corrected chi connectivity index (χ0v) is 11.6. The van der Waals surface area contributed by atoms with Gasteiger partial charge in [0, 0.05) is 18.1 Å². The minimum atomic E-state index is -0.675. The number of nitrogens with zero attached hydrogens (tertiary/aromatic N) is 1. The van der Waals surface area contributed by atoms with Crippen molar-refractivity contribution in [2.45, 2.75) is 0 Å². The molecular weight excluding hydrogens is 301 g/mol. The number of anilines is 1. The Kier molecular flexibility index (Phi) is 4.22. The van der Waals surface area contributed by atoms with E-state index >= 15 is 0 Å². The van der Waals surface area contributed by atoms with Crippen molar-refractivity contribution in [1.82, 2.24) is 4.98 Å². The molecule has 3 N–H and O–H groups in total. The van der Waals surface area contributed by atoms with E-state index in [0.717, 1.165) is 0 Å². The molecule has 0 radical (unpaired) electrons. The van der Waals surface area contributed by atoms with Gasteiger partial charge in [-0.05, 0) is 24.3 Å². The highest BCUT2D eigenvalue weighted by Gasteiger charge is 2.13. The smallest absolute Gasteiger partial charge is 0.258 e. The second kappa shape index (κ2) is 5.90. The molecule has 7 heteroatoms. The molecule has 2 amide bonds. The number of aromatic nitrogens is 1. The number of rotatable bonds is 3. The summed E-state index contributed by atoms with van der Waals surface area (Å²) in [5.74, 6) is -1.12. The Balaban J connectivity index is 2.27. The Morgan fingerprint density at radius 2 is 1.80 bits per heavy atom. The Bertz CT molecular complexity index is 689. The van der Waals surface area contributed by atoms with Crippen molar-refractivity contribution < 1.29 is 9.59 Å². The van der Waals surface area contributed by atoms with Gasteiger partial charge in [-0.1, -0.05) is 23.2 Å². The summed E-state index contributed by atoms with van der Waals surface area (Å²) in [5, 5.41) is 3.09. The maximum absolute atomic E-state index is 12.0. The Morgan fingerprint density at radius 3 is 2.45 bits per heavy atom. The van der Waals surface area contributed by atoms with Crippen molar-refractivity contribution in [3.05, 3.63) is 57.8 Å². The summed E-state index contributed by atoms with van der Waals surface area (Å²) in [5.41, 5.74) is 5.92. The third kappa shape index (κ3) is 3.07. The van der Waals surface area contributed by atoms with Gasteiger partial charge in [0.05, 0.1) is 21.2 Å². The number of primary amides is 1. The number of benzene rings is 1. The second-order valence-corrected chi connectivity index (χ2v) is 4.68. The Hall–Kier alpha value is -2.11. The molecule has 0 aliphatic carbocycles. The number of nitrogens with one attached hydrogen (secondary N) is 1. The number of carbonyl (C=O) groups is 2. The number of hydrogen-bond donors (Lipinski definition) is 2. The normalized spacial score (nSPS) is 10.1. The van der Waals surface area contributed by atoms with Gasteiger partial charge < -0.3 is 11.1 Å². The van der Waals surface area contributed by atoms with Crippen LogP contribution in [0, 0.1) is 0 Å². The van der Waals surface area contributed by atoms with E-state index in [4.69, 9.17) is 28.9 Å². The number of amides is 2. The zero-order valence-electron chi connectivity index (χ0n) is 10.1. The molecule has 0 bridgehead atoms. The summed E-state index contributed by atoms with van der Waals surface area (Å²) in [6, 6.07) is 5.93. The van der Waals surface area contributed by atoms with Crippen LogP contribution < -0.4 is 11.1 Å². The molecular formula is C13H9Cl2N3O2. The van der Waals surface area contributed by atoms with Crippen molar-refractivity contribution in [2.24, 2.45) is 5.73 Å². The minimum Gasteiger partial charge on any atom is -0.366 e. The van der Waals surface area contributed by atoms with Gasteiger partial charge in [0.25, 0.3) is 5.91 Å². The first-order chi connectivity index (χ1) is 9.49. The number of carbonyl (C=O) groups excluding carboxylic acids is 2. The highest BCUT2D eigenvalue weighted by atomic mass is 35.5. The van der Waals surface area contributed by atoms with Gasteiger partial charge in [-0.15, -0.1) is 0 Å². The number of halogens is 2. The van der Waals surface area contributed by atoms with Gasteiger partial charge in [-0.3, -0.25) is 14.6 Å². The zero-order chi connectivity index (χ0) is 14.7. The molecule has 0 atom stereocenters. The average molecular weight is 310 g/mol. The van der Waals surface area contributed by atoms with Crippen LogP contribution >= 0.6 is 23.2 Å². The van der Waals surface area contributed by atoms with Gasteiger partial charge in [-0.25, -0.2) is 0 Å². The molecule has 0 aliphatic heterocycles. The van der Waals surface area contributed by atoms with Gasteiger partial charge in [0.1, 0.15) is 0 Å². The van der Waals surface area contributed by atoms with Crippen molar-refractivity contribution in [1.29, 1.82) is 0 Å². The lowest BCUT2D eigenvalue weighted by Crippen LogP contribution is -2.15. The van der Waals surface area contributed by atoms with Gasteiger partial charge in [0.15, 0.2) is 0 Å². The van der Waals surface area contributed by atoms with Crippen LogP contribution in [0.1, 0.15) is 20.7 Å². The van der Waals surface area contributed by atoms with Crippen molar-refractivity contribution >= 4 is 40.7 Å². The maximum atomic E-state index is 12.0. The van der Waals surface area contributed by atoms with Crippen molar-refractivity contribution in [3.8, 4) is 0 Å². The van der Waals surface area contributed by atoms with Crippen LogP contribution in [0.5, 0.6) is 0 Å². The van der Waals surface area contributed by atoms with Crippen LogP contribution in [-0.4, -0.2) is 16.8 Å². The molecule has 2 aromatic rings. The fourth-order valence-electron chi connectivity index (χ4n) is 1.53. The summed E-state index contributed by atoms with van der Waals surface area (Å²) < 4.78 is 0. The van der Waals surface area contributed by atoms with Crippen LogP contribution in [0.2, 0.25) is 10.0 Å². The SMILES string of the molecule is NC(=O)c1cc(NC(=O)c2cnccc2Cl)ccc1Cl. The lowest BCUT2D eigenvalue weighted by Gasteiger charge is -2.08. The van der Waals surface area contributed by atoms with E-state index in [9.17, 15) is 9.59 Å². The summed E-state index contributed by atoms with van der Waals surface area (Å²) in [4.78, 5) is 27.0. The predicted molar refractivity (Wildman–Crippen MR) is 77.2 cm³/mol. The number of pyridine rings is 1. The molecule has 0 saturated heterocycles. The summed E-state index contributed by atoms with van der Waals surface area (Å²) in [6.45, 7) is 0. The molecule has 5 nitrogen and oxygen atoms in total. The molecule has 0 aliphatic rings. The summed E-state index contributed by atoms with van der Waals surface area (Å²) in [6.07, 6.45) is 2.83. The largest absolute Gasteiger partial charge is 0.366 e.